The van der Waals surface area contributed by atoms with Gasteiger partial charge in [0.2, 0.25) is 0 Å². The zero-order valence-electron chi connectivity index (χ0n) is 7.39. The molecule has 0 rings (SSSR count). The van der Waals surface area contributed by atoms with Gasteiger partial charge in [0, 0.05) is 24.5 Å². The van der Waals surface area contributed by atoms with E-state index in [-0.39, 0.29) is 6.29 Å². The molecule has 0 aromatic rings. The topological polar surface area (TPSA) is 18.5 Å². The van der Waals surface area contributed by atoms with Gasteiger partial charge in [-0.1, -0.05) is 13.3 Å². The smallest absolute Gasteiger partial charge is 0.156 e. The molecule has 0 spiro atoms. The van der Waals surface area contributed by atoms with Gasteiger partial charge < -0.3 is 9.47 Å². The van der Waals surface area contributed by atoms with Crippen LogP contribution < -0.4 is 0 Å². The summed E-state index contributed by atoms with van der Waals surface area (Å²) in [5.74, 6) is 0. The molecule has 1 atom stereocenters. The molecule has 0 aromatic carbocycles. The highest BCUT2D eigenvalue weighted by Gasteiger charge is 2.13. The summed E-state index contributed by atoms with van der Waals surface area (Å²) < 4.78 is 10.3. The molecule has 0 aromatic heterocycles. The first-order valence-electron chi connectivity index (χ1n) is 3.81. The zero-order valence-corrected chi connectivity index (χ0v) is 9.39. The van der Waals surface area contributed by atoms with Gasteiger partial charge in [0.15, 0.2) is 6.29 Å². The third-order valence-corrected chi connectivity index (χ3v) is 2.79. The molecule has 0 aliphatic heterocycles. The molecular weight excluding hydrogens is 144 g/mol. The third-order valence-electron chi connectivity index (χ3n) is 1.67. The largest absolute Gasteiger partial charge is 0.356 e. The predicted molar refractivity (Wildman–Crippen MR) is 46.4 cm³/mol. The van der Waals surface area contributed by atoms with E-state index >= 15 is 0 Å². The fourth-order valence-electron chi connectivity index (χ4n) is 1.15. The van der Waals surface area contributed by atoms with E-state index in [4.69, 9.17) is 9.47 Å². The molecular formula is C7H18O2Si. The van der Waals surface area contributed by atoms with Crippen LogP contribution in [0.5, 0.6) is 0 Å². The molecule has 0 bridgehead atoms. The zero-order chi connectivity index (χ0) is 7.98. The second-order valence-corrected chi connectivity index (χ2v) is 4.09. The molecule has 0 aliphatic carbocycles. The second kappa shape index (κ2) is 5.89. The SMILES string of the molecule is CCCC([SiH3])C(OC)OC. The van der Waals surface area contributed by atoms with Gasteiger partial charge in [0.25, 0.3) is 0 Å². The Hall–Kier alpha value is 0.137. The molecule has 0 saturated heterocycles. The highest BCUT2D eigenvalue weighted by molar-refractivity contribution is 6.11. The van der Waals surface area contributed by atoms with E-state index in [0.29, 0.717) is 5.54 Å². The summed E-state index contributed by atoms with van der Waals surface area (Å²) in [6.45, 7) is 2.19. The van der Waals surface area contributed by atoms with Crippen LogP contribution in [0, 0.1) is 0 Å². The molecule has 0 saturated carbocycles. The lowest BCUT2D eigenvalue weighted by atomic mass is 10.2. The molecule has 3 heteroatoms. The first kappa shape index (κ1) is 10.1. The van der Waals surface area contributed by atoms with Crippen LogP contribution in [0.1, 0.15) is 19.8 Å². The Morgan fingerprint density at radius 3 is 2.10 bits per heavy atom. The number of methoxy groups -OCH3 is 2. The minimum Gasteiger partial charge on any atom is -0.356 e. The molecule has 10 heavy (non-hydrogen) atoms. The second-order valence-electron chi connectivity index (χ2n) is 2.61. The summed E-state index contributed by atoms with van der Waals surface area (Å²) in [5, 5.41) is 0. The fourth-order valence-corrected chi connectivity index (χ4v) is 2.27. The van der Waals surface area contributed by atoms with Gasteiger partial charge in [0.05, 0.1) is 0 Å². The van der Waals surface area contributed by atoms with E-state index in [9.17, 15) is 0 Å². The van der Waals surface area contributed by atoms with Crippen LogP contribution in [0.2, 0.25) is 5.54 Å². The van der Waals surface area contributed by atoms with Crippen molar-refractivity contribution in [3.63, 3.8) is 0 Å². The Balaban J connectivity index is 3.53. The van der Waals surface area contributed by atoms with Crippen molar-refractivity contribution >= 4 is 10.2 Å². The van der Waals surface area contributed by atoms with Crippen molar-refractivity contribution in [2.24, 2.45) is 0 Å². The average molecular weight is 162 g/mol. The molecule has 0 amide bonds. The lowest BCUT2D eigenvalue weighted by molar-refractivity contribution is -0.106. The Morgan fingerprint density at radius 1 is 1.30 bits per heavy atom. The molecule has 62 valence electrons. The maximum Gasteiger partial charge on any atom is 0.156 e. The normalized spacial score (nSPS) is 14.4. The first-order chi connectivity index (χ1) is 4.76. The molecule has 0 heterocycles. The van der Waals surface area contributed by atoms with Crippen molar-refractivity contribution in [1.29, 1.82) is 0 Å². The van der Waals surface area contributed by atoms with Crippen LogP contribution >= 0.6 is 0 Å². The Kier molecular flexibility index (Phi) is 5.97. The maximum absolute atomic E-state index is 5.13. The first-order valence-corrected chi connectivity index (χ1v) is 4.97. The van der Waals surface area contributed by atoms with Gasteiger partial charge in [-0.2, -0.15) is 0 Å². The van der Waals surface area contributed by atoms with Gasteiger partial charge in [-0.3, -0.25) is 0 Å². The van der Waals surface area contributed by atoms with E-state index in [1.165, 1.54) is 12.8 Å². The van der Waals surface area contributed by atoms with E-state index in [1.807, 2.05) is 0 Å². The van der Waals surface area contributed by atoms with Crippen LogP contribution in [0.3, 0.4) is 0 Å². The lowest BCUT2D eigenvalue weighted by Crippen LogP contribution is -2.20. The number of hydrogen-bond donors (Lipinski definition) is 0. The van der Waals surface area contributed by atoms with Crippen molar-refractivity contribution < 1.29 is 9.47 Å². The maximum atomic E-state index is 5.13. The van der Waals surface area contributed by atoms with Crippen molar-refractivity contribution in [3.8, 4) is 0 Å². The van der Waals surface area contributed by atoms with Crippen molar-refractivity contribution in [2.45, 2.75) is 31.6 Å². The third kappa shape index (κ3) is 3.34. The lowest BCUT2D eigenvalue weighted by Gasteiger charge is -2.19. The highest BCUT2D eigenvalue weighted by atomic mass is 28.1. The van der Waals surface area contributed by atoms with Crippen molar-refractivity contribution in [1.82, 2.24) is 0 Å². The van der Waals surface area contributed by atoms with Crippen LogP contribution in [-0.2, 0) is 9.47 Å². The van der Waals surface area contributed by atoms with Crippen molar-refractivity contribution in [2.75, 3.05) is 14.2 Å². The van der Waals surface area contributed by atoms with Crippen LogP contribution in [0.4, 0.5) is 0 Å². The fraction of sp³-hybridized carbons (Fsp3) is 1.00. The van der Waals surface area contributed by atoms with Gasteiger partial charge in [-0.15, -0.1) is 0 Å². The summed E-state index contributed by atoms with van der Waals surface area (Å²) in [6, 6.07) is 0. The quantitative estimate of drug-likeness (QED) is 0.434. The Labute approximate surface area is 66.3 Å². The van der Waals surface area contributed by atoms with Crippen LogP contribution in [0.25, 0.3) is 0 Å². The molecule has 0 radical (unpaired) electrons. The van der Waals surface area contributed by atoms with E-state index in [2.05, 4.69) is 6.92 Å². The van der Waals surface area contributed by atoms with Crippen LogP contribution in [0.15, 0.2) is 0 Å². The monoisotopic (exact) mass is 162 g/mol. The summed E-state index contributed by atoms with van der Waals surface area (Å²) in [6.07, 6.45) is 2.47. The minimum absolute atomic E-state index is 0.0339. The van der Waals surface area contributed by atoms with E-state index in [0.717, 1.165) is 10.2 Å². The van der Waals surface area contributed by atoms with Gasteiger partial charge in [-0.05, 0) is 12.0 Å². The van der Waals surface area contributed by atoms with E-state index < -0.39 is 0 Å². The van der Waals surface area contributed by atoms with Gasteiger partial charge in [-0.25, -0.2) is 0 Å². The molecule has 0 N–H and O–H groups in total. The highest BCUT2D eigenvalue weighted by Crippen LogP contribution is 2.16. The van der Waals surface area contributed by atoms with E-state index in [1.54, 1.807) is 14.2 Å². The summed E-state index contributed by atoms with van der Waals surface area (Å²) >= 11 is 0. The average Bonchev–Trinajstić information content (AvgIpc) is 1.91. The van der Waals surface area contributed by atoms with Gasteiger partial charge >= 0.3 is 0 Å². The standard InChI is InChI=1S/C7H18O2Si/c1-4-5-6(10)7(8-2)9-3/h6-7H,4-5H2,1-3,10H3. The summed E-state index contributed by atoms with van der Waals surface area (Å²) in [5.41, 5.74) is 0.639. The number of hydrogen-bond acceptors (Lipinski definition) is 2. The van der Waals surface area contributed by atoms with Gasteiger partial charge in [0.1, 0.15) is 0 Å². The van der Waals surface area contributed by atoms with Crippen molar-refractivity contribution in [3.05, 3.63) is 0 Å². The molecule has 0 fully saturated rings. The molecule has 2 nitrogen and oxygen atoms in total. The summed E-state index contributed by atoms with van der Waals surface area (Å²) in [7, 11) is 4.56. The number of rotatable bonds is 5. The minimum atomic E-state index is 0.0339. The number of ether oxygens (including phenoxy) is 2. The summed E-state index contributed by atoms with van der Waals surface area (Å²) in [4.78, 5) is 0. The predicted octanol–water partition coefficient (Wildman–Crippen LogP) is 0.559. The molecule has 1 unspecified atom stereocenters. The Bertz CT molecular complexity index is 74.0. The van der Waals surface area contributed by atoms with Crippen LogP contribution in [-0.4, -0.2) is 30.8 Å². The molecule has 0 aliphatic rings. The Morgan fingerprint density at radius 2 is 1.80 bits per heavy atom.